The van der Waals surface area contributed by atoms with Crippen LogP contribution in [0.4, 0.5) is 5.69 Å². The van der Waals surface area contributed by atoms with Gasteiger partial charge in [0.15, 0.2) is 10.7 Å². The summed E-state index contributed by atoms with van der Waals surface area (Å²) in [6.45, 7) is 0. The minimum absolute atomic E-state index is 0.171. The largest absolute Gasteiger partial charge is 0.497 e. The molecule has 0 aliphatic rings. The first kappa shape index (κ1) is 19.9. The van der Waals surface area contributed by atoms with E-state index in [2.05, 4.69) is 15.6 Å². The van der Waals surface area contributed by atoms with E-state index in [1.807, 2.05) is 18.2 Å². The summed E-state index contributed by atoms with van der Waals surface area (Å²) in [5.41, 5.74) is 3.10. The molecule has 8 heteroatoms. The Labute approximate surface area is 182 Å². The smallest absolute Gasteiger partial charge is 0.257 e. The van der Waals surface area contributed by atoms with Crippen LogP contribution in [-0.4, -0.2) is 23.1 Å². The molecule has 2 N–H and O–H groups in total. The van der Waals surface area contributed by atoms with Crippen molar-refractivity contribution in [2.24, 2.45) is 0 Å². The van der Waals surface area contributed by atoms with Gasteiger partial charge >= 0.3 is 0 Å². The van der Waals surface area contributed by atoms with Gasteiger partial charge < -0.3 is 14.5 Å². The van der Waals surface area contributed by atoms with Gasteiger partial charge in [-0.3, -0.25) is 10.1 Å². The quantitative estimate of drug-likeness (QED) is 0.423. The number of benzene rings is 3. The molecule has 0 fully saturated rings. The van der Waals surface area contributed by atoms with E-state index in [-0.39, 0.29) is 11.0 Å². The minimum Gasteiger partial charge on any atom is -0.497 e. The Morgan fingerprint density at radius 2 is 1.87 bits per heavy atom. The zero-order chi connectivity index (χ0) is 21.1. The van der Waals surface area contributed by atoms with Crippen LogP contribution in [0.3, 0.4) is 0 Å². The maximum Gasteiger partial charge on any atom is 0.257 e. The summed E-state index contributed by atoms with van der Waals surface area (Å²) in [6, 6.07) is 19.4. The van der Waals surface area contributed by atoms with E-state index in [0.29, 0.717) is 44.6 Å². The highest BCUT2D eigenvalue weighted by Gasteiger charge is 2.13. The van der Waals surface area contributed by atoms with Crippen molar-refractivity contribution in [1.29, 1.82) is 0 Å². The first-order valence-electron chi connectivity index (χ1n) is 8.95. The van der Waals surface area contributed by atoms with E-state index in [1.54, 1.807) is 55.6 Å². The van der Waals surface area contributed by atoms with Crippen LogP contribution in [0, 0.1) is 0 Å². The van der Waals surface area contributed by atoms with E-state index in [1.165, 1.54) is 0 Å². The number of carbonyl (C=O) groups excluding carboxylic acids is 1. The van der Waals surface area contributed by atoms with E-state index in [4.69, 9.17) is 33.0 Å². The van der Waals surface area contributed by atoms with Crippen LogP contribution in [0.1, 0.15) is 10.4 Å². The molecule has 0 aliphatic heterocycles. The molecule has 1 aromatic heterocycles. The number of amides is 1. The minimum atomic E-state index is -0.321. The molecule has 0 saturated heterocycles. The number of oxazole rings is 1. The third-order valence-electron chi connectivity index (χ3n) is 4.33. The molecule has 0 bridgehead atoms. The lowest BCUT2D eigenvalue weighted by Gasteiger charge is -2.09. The predicted octanol–water partition coefficient (Wildman–Crippen LogP) is 5.28. The SMILES string of the molecule is COc1ccc(C(=O)NC(=S)Nc2ccc3oc(-c4ccccc4Cl)nc3c2)cc1. The van der Waals surface area contributed by atoms with Gasteiger partial charge in [0.2, 0.25) is 5.89 Å². The number of halogens is 1. The summed E-state index contributed by atoms with van der Waals surface area (Å²) in [5.74, 6) is 0.783. The standard InChI is InChI=1S/C22H16ClN3O3S/c1-28-15-9-6-13(7-10-15)20(27)26-22(30)24-14-8-11-19-18(12-14)25-21(29-19)16-4-2-3-5-17(16)23/h2-12H,1H3,(H2,24,26,27,30). The van der Waals surface area contributed by atoms with Crippen molar-refractivity contribution in [2.45, 2.75) is 0 Å². The zero-order valence-corrected chi connectivity index (χ0v) is 17.4. The van der Waals surface area contributed by atoms with Crippen LogP contribution in [0.5, 0.6) is 5.75 Å². The number of anilines is 1. The zero-order valence-electron chi connectivity index (χ0n) is 15.8. The van der Waals surface area contributed by atoms with E-state index < -0.39 is 0 Å². The number of rotatable bonds is 4. The second-order valence-electron chi connectivity index (χ2n) is 6.32. The van der Waals surface area contributed by atoms with E-state index >= 15 is 0 Å². The Morgan fingerprint density at radius 1 is 1.10 bits per heavy atom. The number of hydrogen-bond acceptors (Lipinski definition) is 5. The molecule has 0 spiro atoms. The lowest BCUT2D eigenvalue weighted by Crippen LogP contribution is -2.34. The van der Waals surface area contributed by atoms with Crippen molar-refractivity contribution in [1.82, 2.24) is 10.3 Å². The first-order chi connectivity index (χ1) is 14.5. The summed E-state index contributed by atoms with van der Waals surface area (Å²) in [5, 5.41) is 6.36. The Kier molecular flexibility index (Phi) is 5.65. The number of hydrogen-bond donors (Lipinski definition) is 2. The third kappa shape index (κ3) is 4.27. The number of ether oxygens (including phenoxy) is 1. The number of methoxy groups -OCH3 is 1. The lowest BCUT2D eigenvalue weighted by molar-refractivity contribution is 0.0977. The maximum absolute atomic E-state index is 12.3. The van der Waals surface area contributed by atoms with Crippen molar-refractivity contribution in [3.8, 4) is 17.2 Å². The van der Waals surface area contributed by atoms with Gasteiger partial charge in [-0.05, 0) is 66.8 Å². The molecule has 4 aromatic rings. The van der Waals surface area contributed by atoms with Crippen molar-refractivity contribution in [3.05, 3.63) is 77.3 Å². The molecule has 1 amide bonds. The van der Waals surface area contributed by atoms with Gasteiger partial charge in [0.05, 0.1) is 17.7 Å². The number of fused-ring (bicyclic) bond motifs is 1. The summed E-state index contributed by atoms with van der Waals surface area (Å²) in [6.07, 6.45) is 0. The van der Waals surface area contributed by atoms with Gasteiger partial charge in [-0.15, -0.1) is 0 Å². The fourth-order valence-electron chi connectivity index (χ4n) is 2.84. The molecule has 4 rings (SSSR count). The second-order valence-corrected chi connectivity index (χ2v) is 7.13. The molecule has 30 heavy (non-hydrogen) atoms. The van der Waals surface area contributed by atoms with Gasteiger partial charge in [0.1, 0.15) is 11.3 Å². The number of thiocarbonyl (C=S) groups is 1. The van der Waals surface area contributed by atoms with Crippen LogP contribution in [0.25, 0.3) is 22.6 Å². The highest BCUT2D eigenvalue weighted by molar-refractivity contribution is 7.80. The highest BCUT2D eigenvalue weighted by Crippen LogP contribution is 2.30. The van der Waals surface area contributed by atoms with Gasteiger partial charge in [-0.25, -0.2) is 4.98 Å². The summed E-state index contributed by atoms with van der Waals surface area (Å²) in [7, 11) is 1.57. The van der Waals surface area contributed by atoms with Gasteiger partial charge in [-0.1, -0.05) is 23.7 Å². The first-order valence-corrected chi connectivity index (χ1v) is 9.74. The Hall–Kier alpha value is -3.42. The normalized spacial score (nSPS) is 10.6. The molecule has 6 nitrogen and oxygen atoms in total. The monoisotopic (exact) mass is 437 g/mol. The van der Waals surface area contributed by atoms with Crippen molar-refractivity contribution >= 4 is 51.6 Å². The Bertz CT molecular complexity index is 1240. The molecular weight excluding hydrogens is 422 g/mol. The Balaban J connectivity index is 1.47. The average molecular weight is 438 g/mol. The third-order valence-corrected chi connectivity index (χ3v) is 4.86. The number of nitrogens with one attached hydrogen (secondary N) is 2. The number of aromatic nitrogens is 1. The van der Waals surface area contributed by atoms with E-state index in [9.17, 15) is 4.79 Å². The number of carbonyl (C=O) groups is 1. The lowest BCUT2D eigenvalue weighted by atomic mass is 10.2. The van der Waals surface area contributed by atoms with Crippen molar-refractivity contribution in [3.63, 3.8) is 0 Å². The van der Waals surface area contributed by atoms with Gasteiger partial charge in [0, 0.05) is 11.3 Å². The predicted molar refractivity (Wildman–Crippen MR) is 121 cm³/mol. The molecule has 150 valence electrons. The summed E-state index contributed by atoms with van der Waals surface area (Å²) >= 11 is 11.5. The molecule has 0 saturated carbocycles. The fraction of sp³-hybridized carbons (Fsp3) is 0.0455. The van der Waals surface area contributed by atoms with Gasteiger partial charge in [0.25, 0.3) is 5.91 Å². The molecule has 1 heterocycles. The molecule has 0 atom stereocenters. The van der Waals surface area contributed by atoms with Crippen LogP contribution in [0.2, 0.25) is 5.02 Å². The molecule has 3 aromatic carbocycles. The van der Waals surface area contributed by atoms with Crippen LogP contribution in [0.15, 0.2) is 71.1 Å². The van der Waals surface area contributed by atoms with E-state index in [0.717, 1.165) is 0 Å². The molecule has 0 aliphatic carbocycles. The number of nitrogens with zero attached hydrogens (tertiary/aromatic N) is 1. The molecule has 0 radical (unpaired) electrons. The Morgan fingerprint density at radius 3 is 2.60 bits per heavy atom. The van der Waals surface area contributed by atoms with Crippen LogP contribution < -0.4 is 15.4 Å². The van der Waals surface area contributed by atoms with Crippen molar-refractivity contribution < 1.29 is 13.9 Å². The van der Waals surface area contributed by atoms with Crippen molar-refractivity contribution in [2.75, 3.05) is 12.4 Å². The average Bonchev–Trinajstić information content (AvgIpc) is 3.17. The molecular formula is C22H16ClN3O3S. The highest BCUT2D eigenvalue weighted by atomic mass is 35.5. The van der Waals surface area contributed by atoms with Crippen LogP contribution >= 0.6 is 23.8 Å². The fourth-order valence-corrected chi connectivity index (χ4v) is 3.26. The molecule has 0 unspecified atom stereocenters. The second kappa shape index (κ2) is 8.52. The van der Waals surface area contributed by atoms with Gasteiger partial charge in [-0.2, -0.15) is 0 Å². The topological polar surface area (TPSA) is 76.4 Å². The summed E-state index contributed by atoms with van der Waals surface area (Å²) in [4.78, 5) is 16.8. The maximum atomic E-state index is 12.3. The summed E-state index contributed by atoms with van der Waals surface area (Å²) < 4.78 is 10.9. The van der Waals surface area contributed by atoms with Crippen LogP contribution in [-0.2, 0) is 0 Å².